The largest absolute Gasteiger partial charge is 0.371 e. The van der Waals surface area contributed by atoms with Crippen LogP contribution in [0.1, 0.15) is 49.0 Å². The number of nitrogens with zero attached hydrogens (tertiary/aromatic N) is 2. The van der Waals surface area contributed by atoms with Crippen molar-refractivity contribution in [2.45, 2.75) is 44.4 Å². The van der Waals surface area contributed by atoms with Gasteiger partial charge in [-0.1, -0.05) is 44.2 Å². The maximum atomic E-state index is 13.1. The minimum Gasteiger partial charge on any atom is -0.371 e. The molecule has 6 nitrogen and oxygen atoms in total. The smallest absolute Gasteiger partial charge is 0.253 e. The van der Waals surface area contributed by atoms with Gasteiger partial charge in [0, 0.05) is 38.4 Å². The predicted octanol–water partition coefficient (Wildman–Crippen LogP) is 3.68. The Kier molecular flexibility index (Phi) is 8.09. The standard InChI is InChI=1S/C24H33N3O3S/c1-3-27(4-2)31(29,30)21-14-15-23(26-17-8-9-18-26)22(19-21)24(28)25-16-10-13-20-11-6-5-7-12-20/h5-7,11-12,14-15,19H,3-4,8-10,13,16-18H2,1-2H3,(H,25,28). The van der Waals surface area contributed by atoms with Gasteiger partial charge >= 0.3 is 0 Å². The third kappa shape index (κ3) is 5.66. The monoisotopic (exact) mass is 443 g/mol. The summed E-state index contributed by atoms with van der Waals surface area (Å²) in [6.45, 7) is 6.74. The molecule has 0 bridgehead atoms. The summed E-state index contributed by atoms with van der Waals surface area (Å²) in [6, 6.07) is 15.1. The van der Waals surface area contributed by atoms with Crippen LogP contribution in [0.3, 0.4) is 0 Å². The molecule has 1 amide bonds. The fourth-order valence-electron chi connectivity index (χ4n) is 4.04. The minimum atomic E-state index is -3.62. The van der Waals surface area contributed by atoms with Crippen LogP contribution in [0.25, 0.3) is 0 Å². The summed E-state index contributed by atoms with van der Waals surface area (Å²) in [6.07, 6.45) is 3.87. The van der Waals surface area contributed by atoms with E-state index in [1.165, 1.54) is 9.87 Å². The number of hydrogen-bond acceptors (Lipinski definition) is 4. The summed E-state index contributed by atoms with van der Waals surface area (Å²) >= 11 is 0. The quantitative estimate of drug-likeness (QED) is 0.569. The Hall–Kier alpha value is -2.38. The highest BCUT2D eigenvalue weighted by Crippen LogP contribution is 2.28. The second-order valence-corrected chi connectivity index (χ2v) is 9.75. The first kappa shape index (κ1) is 23.3. The molecule has 1 N–H and O–H groups in total. The lowest BCUT2D eigenvalue weighted by atomic mass is 10.1. The van der Waals surface area contributed by atoms with Gasteiger partial charge in [-0.05, 0) is 49.4 Å². The third-order valence-electron chi connectivity index (χ3n) is 5.77. The van der Waals surface area contributed by atoms with Crippen LogP contribution in [0.2, 0.25) is 0 Å². The molecule has 7 heteroatoms. The zero-order chi connectivity index (χ0) is 22.3. The fraction of sp³-hybridized carbons (Fsp3) is 0.458. The average Bonchev–Trinajstić information content (AvgIpc) is 3.32. The summed E-state index contributed by atoms with van der Waals surface area (Å²) < 4.78 is 27.4. The molecule has 1 saturated heterocycles. The average molecular weight is 444 g/mol. The Labute approximate surface area is 186 Å². The van der Waals surface area contributed by atoms with Gasteiger partial charge in [-0.25, -0.2) is 8.42 Å². The van der Waals surface area contributed by atoms with Crippen LogP contribution in [0.5, 0.6) is 0 Å². The molecule has 3 rings (SSSR count). The molecule has 0 unspecified atom stereocenters. The Morgan fingerprint density at radius 2 is 1.71 bits per heavy atom. The summed E-state index contributed by atoms with van der Waals surface area (Å²) in [5.41, 5.74) is 2.49. The van der Waals surface area contributed by atoms with E-state index in [2.05, 4.69) is 22.3 Å². The number of carbonyl (C=O) groups is 1. The topological polar surface area (TPSA) is 69.7 Å². The molecular formula is C24H33N3O3S. The Bertz CT molecular complexity index is 967. The van der Waals surface area contributed by atoms with Gasteiger partial charge in [-0.15, -0.1) is 0 Å². The zero-order valence-corrected chi connectivity index (χ0v) is 19.3. The van der Waals surface area contributed by atoms with E-state index >= 15 is 0 Å². The lowest BCUT2D eigenvalue weighted by Crippen LogP contribution is -2.32. The van der Waals surface area contributed by atoms with E-state index in [-0.39, 0.29) is 10.8 Å². The summed E-state index contributed by atoms with van der Waals surface area (Å²) in [5.74, 6) is -0.216. The minimum absolute atomic E-state index is 0.175. The molecule has 168 valence electrons. The highest BCUT2D eigenvalue weighted by molar-refractivity contribution is 7.89. The van der Waals surface area contributed by atoms with E-state index in [1.54, 1.807) is 18.2 Å². The van der Waals surface area contributed by atoms with Crippen molar-refractivity contribution in [3.05, 3.63) is 59.7 Å². The van der Waals surface area contributed by atoms with Gasteiger partial charge in [0.2, 0.25) is 10.0 Å². The number of benzene rings is 2. The van der Waals surface area contributed by atoms with Gasteiger partial charge in [0.15, 0.2) is 0 Å². The first-order chi connectivity index (χ1) is 15.0. The number of sulfonamides is 1. The van der Waals surface area contributed by atoms with E-state index < -0.39 is 10.0 Å². The van der Waals surface area contributed by atoms with Crippen molar-refractivity contribution in [2.75, 3.05) is 37.6 Å². The molecule has 0 radical (unpaired) electrons. The second-order valence-electron chi connectivity index (χ2n) is 7.81. The number of rotatable bonds is 10. The van der Waals surface area contributed by atoms with Gasteiger partial charge in [-0.3, -0.25) is 4.79 Å². The third-order valence-corrected chi connectivity index (χ3v) is 7.82. The maximum absolute atomic E-state index is 13.1. The molecule has 0 aliphatic carbocycles. The highest BCUT2D eigenvalue weighted by Gasteiger charge is 2.26. The number of anilines is 1. The van der Waals surface area contributed by atoms with Crippen LogP contribution < -0.4 is 10.2 Å². The van der Waals surface area contributed by atoms with Crippen molar-refractivity contribution in [3.63, 3.8) is 0 Å². The van der Waals surface area contributed by atoms with Crippen molar-refractivity contribution in [3.8, 4) is 0 Å². The molecule has 1 aliphatic heterocycles. The van der Waals surface area contributed by atoms with Gasteiger partial charge in [0.05, 0.1) is 10.5 Å². The van der Waals surface area contributed by atoms with Crippen LogP contribution in [0.15, 0.2) is 53.4 Å². The van der Waals surface area contributed by atoms with E-state index in [4.69, 9.17) is 0 Å². The first-order valence-corrected chi connectivity index (χ1v) is 12.6. The number of amides is 1. The predicted molar refractivity (Wildman–Crippen MR) is 125 cm³/mol. The molecule has 0 saturated carbocycles. The highest BCUT2D eigenvalue weighted by atomic mass is 32.2. The lowest BCUT2D eigenvalue weighted by Gasteiger charge is -2.23. The van der Waals surface area contributed by atoms with Crippen molar-refractivity contribution < 1.29 is 13.2 Å². The normalized spacial score (nSPS) is 14.2. The fourth-order valence-corrected chi connectivity index (χ4v) is 5.52. The van der Waals surface area contributed by atoms with E-state index in [0.29, 0.717) is 25.2 Å². The van der Waals surface area contributed by atoms with Crippen LogP contribution in [0.4, 0.5) is 5.69 Å². The number of carbonyl (C=O) groups excluding carboxylic acids is 1. The molecule has 1 heterocycles. The second kappa shape index (κ2) is 10.8. The van der Waals surface area contributed by atoms with E-state index in [0.717, 1.165) is 44.5 Å². The van der Waals surface area contributed by atoms with Crippen LogP contribution in [0, 0.1) is 0 Å². The summed E-state index contributed by atoms with van der Waals surface area (Å²) in [5, 5.41) is 2.99. The van der Waals surface area contributed by atoms with Crippen molar-refractivity contribution >= 4 is 21.6 Å². The molecule has 2 aromatic rings. The zero-order valence-electron chi connectivity index (χ0n) is 18.5. The van der Waals surface area contributed by atoms with Crippen LogP contribution in [-0.2, 0) is 16.4 Å². The van der Waals surface area contributed by atoms with Crippen molar-refractivity contribution in [2.24, 2.45) is 0 Å². The molecule has 31 heavy (non-hydrogen) atoms. The molecular weight excluding hydrogens is 410 g/mol. The number of aryl methyl sites for hydroxylation is 1. The Morgan fingerprint density at radius 1 is 1.03 bits per heavy atom. The van der Waals surface area contributed by atoms with Gasteiger partial charge in [0.1, 0.15) is 0 Å². The summed E-state index contributed by atoms with van der Waals surface area (Å²) in [4.78, 5) is 15.4. The van der Waals surface area contributed by atoms with Gasteiger partial charge in [-0.2, -0.15) is 4.31 Å². The summed E-state index contributed by atoms with van der Waals surface area (Å²) in [7, 11) is -3.62. The molecule has 2 aromatic carbocycles. The molecule has 0 atom stereocenters. The van der Waals surface area contributed by atoms with Crippen molar-refractivity contribution in [1.29, 1.82) is 0 Å². The Balaban J connectivity index is 1.78. The van der Waals surface area contributed by atoms with E-state index in [1.807, 2.05) is 32.0 Å². The van der Waals surface area contributed by atoms with Gasteiger partial charge in [0.25, 0.3) is 5.91 Å². The molecule has 0 aromatic heterocycles. The van der Waals surface area contributed by atoms with Crippen LogP contribution >= 0.6 is 0 Å². The molecule has 1 fully saturated rings. The van der Waals surface area contributed by atoms with Crippen LogP contribution in [-0.4, -0.2) is 51.4 Å². The van der Waals surface area contributed by atoms with E-state index in [9.17, 15) is 13.2 Å². The van der Waals surface area contributed by atoms with Crippen molar-refractivity contribution in [1.82, 2.24) is 9.62 Å². The lowest BCUT2D eigenvalue weighted by molar-refractivity contribution is 0.0953. The molecule has 0 spiro atoms. The number of hydrogen-bond donors (Lipinski definition) is 1. The SMILES string of the molecule is CCN(CC)S(=O)(=O)c1ccc(N2CCCC2)c(C(=O)NCCCc2ccccc2)c1. The Morgan fingerprint density at radius 3 is 2.35 bits per heavy atom. The van der Waals surface area contributed by atoms with Gasteiger partial charge < -0.3 is 10.2 Å². The first-order valence-electron chi connectivity index (χ1n) is 11.2. The number of nitrogens with one attached hydrogen (secondary N) is 1. The maximum Gasteiger partial charge on any atom is 0.253 e. The molecule has 1 aliphatic rings.